The van der Waals surface area contributed by atoms with Crippen molar-refractivity contribution in [3.63, 3.8) is 0 Å². The second-order valence-electron chi connectivity index (χ2n) is 4.65. The molecule has 0 aliphatic carbocycles. The van der Waals surface area contributed by atoms with Crippen LogP contribution in [0.3, 0.4) is 0 Å². The van der Waals surface area contributed by atoms with Crippen LogP contribution in [0.5, 0.6) is 11.5 Å². The van der Waals surface area contributed by atoms with Gasteiger partial charge in [-0.25, -0.2) is 4.79 Å². The van der Waals surface area contributed by atoms with E-state index < -0.39 is 5.97 Å². The number of carboxylic acids is 1. The van der Waals surface area contributed by atoms with Crippen molar-refractivity contribution in [3.8, 4) is 11.5 Å². The molecule has 2 aromatic rings. The van der Waals surface area contributed by atoms with Gasteiger partial charge in [0.2, 0.25) is 5.78 Å². The van der Waals surface area contributed by atoms with E-state index in [4.69, 9.17) is 19.0 Å². The predicted molar refractivity (Wildman–Crippen MR) is 71.0 cm³/mol. The zero-order valence-corrected chi connectivity index (χ0v) is 11.2. The van der Waals surface area contributed by atoms with E-state index in [0.717, 1.165) is 0 Å². The van der Waals surface area contributed by atoms with E-state index in [1.807, 2.05) is 0 Å². The van der Waals surface area contributed by atoms with Crippen LogP contribution < -0.4 is 9.47 Å². The molecule has 0 spiro atoms. The van der Waals surface area contributed by atoms with Gasteiger partial charge in [0, 0.05) is 6.07 Å². The Morgan fingerprint density at radius 1 is 1.38 bits per heavy atom. The van der Waals surface area contributed by atoms with Gasteiger partial charge in [-0.2, -0.15) is 0 Å². The number of furan rings is 1. The van der Waals surface area contributed by atoms with Crippen LogP contribution in [0.15, 0.2) is 28.7 Å². The first kappa shape index (κ1) is 13.2. The number of hydrogen-bond donors (Lipinski definition) is 1. The van der Waals surface area contributed by atoms with Gasteiger partial charge in [-0.1, -0.05) is 0 Å². The molecular weight excluding hydrogens is 276 g/mol. The molecule has 108 valence electrons. The topological polar surface area (TPSA) is 86.0 Å². The number of ketones is 1. The molecule has 0 saturated heterocycles. The van der Waals surface area contributed by atoms with Gasteiger partial charge in [0.15, 0.2) is 6.61 Å². The summed E-state index contributed by atoms with van der Waals surface area (Å²) < 4.78 is 16.1. The minimum Gasteiger partial charge on any atom is -0.486 e. The highest BCUT2D eigenvalue weighted by Gasteiger charge is 2.21. The SMILES string of the molecule is Cc1oc(COc2ccc3c(c2)OCC3=O)cc1C(=O)O. The lowest BCUT2D eigenvalue weighted by molar-refractivity contribution is 0.0694. The van der Waals surface area contributed by atoms with Crippen molar-refractivity contribution in [2.75, 3.05) is 6.61 Å². The van der Waals surface area contributed by atoms with E-state index in [0.29, 0.717) is 28.6 Å². The number of fused-ring (bicyclic) bond motifs is 1. The highest BCUT2D eigenvalue weighted by molar-refractivity contribution is 6.02. The van der Waals surface area contributed by atoms with Crippen LogP contribution in [-0.4, -0.2) is 23.5 Å². The summed E-state index contributed by atoms with van der Waals surface area (Å²) in [6.45, 7) is 1.74. The average Bonchev–Trinajstić information content (AvgIpc) is 3.00. The second kappa shape index (κ2) is 4.97. The molecule has 0 atom stereocenters. The van der Waals surface area contributed by atoms with Crippen molar-refractivity contribution in [1.29, 1.82) is 0 Å². The Morgan fingerprint density at radius 2 is 2.19 bits per heavy atom. The van der Waals surface area contributed by atoms with Crippen LogP contribution in [0.1, 0.15) is 32.2 Å². The maximum atomic E-state index is 11.4. The summed E-state index contributed by atoms with van der Waals surface area (Å²) in [4.78, 5) is 22.3. The van der Waals surface area contributed by atoms with Crippen LogP contribution >= 0.6 is 0 Å². The molecule has 6 nitrogen and oxygen atoms in total. The van der Waals surface area contributed by atoms with Crippen molar-refractivity contribution in [1.82, 2.24) is 0 Å². The molecule has 0 fully saturated rings. The number of hydrogen-bond acceptors (Lipinski definition) is 5. The Kier molecular flexibility index (Phi) is 3.13. The van der Waals surface area contributed by atoms with E-state index in [1.165, 1.54) is 6.07 Å². The smallest absolute Gasteiger partial charge is 0.339 e. The zero-order valence-electron chi connectivity index (χ0n) is 11.2. The molecule has 1 aliphatic heterocycles. The van der Waals surface area contributed by atoms with E-state index in [1.54, 1.807) is 25.1 Å². The Hall–Kier alpha value is -2.76. The van der Waals surface area contributed by atoms with Gasteiger partial charge in [0.05, 0.1) is 5.56 Å². The Balaban J connectivity index is 1.72. The first-order valence-corrected chi connectivity index (χ1v) is 6.30. The van der Waals surface area contributed by atoms with Gasteiger partial charge in [-0.05, 0) is 25.1 Å². The third kappa shape index (κ3) is 2.47. The van der Waals surface area contributed by atoms with Gasteiger partial charge in [-0.15, -0.1) is 0 Å². The molecule has 0 radical (unpaired) electrons. The van der Waals surface area contributed by atoms with Crippen LogP contribution in [0.25, 0.3) is 0 Å². The van der Waals surface area contributed by atoms with E-state index in [2.05, 4.69) is 0 Å². The Morgan fingerprint density at radius 3 is 2.90 bits per heavy atom. The standard InChI is InChI=1S/C15H12O6/c1-8-12(15(17)18)4-10(21-8)6-19-9-2-3-11-13(16)7-20-14(11)5-9/h2-5H,6-7H2,1H3,(H,17,18). The third-order valence-corrected chi connectivity index (χ3v) is 3.19. The summed E-state index contributed by atoms with van der Waals surface area (Å²) in [5, 5.41) is 8.95. The number of rotatable bonds is 4. The predicted octanol–water partition coefficient (Wildman–Crippen LogP) is 2.44. The van der Waals surface area contributed by atoms with Gasteiger partial charge < -0.3 is 19.0 Å². The summed E-state index contributed by atoms with van der Waals surface area (Å²) in [6.07, 6.45) is 0. The van der Waals surface area contributed by atoms with Gasteiger partial charge in [-0.3, -0.25) is 4.79 Å². The van der Waals surface area contributed by atoms with Crippen molar-refractivity contribution in [2.24, 2.45) is 0 Å². The number of ether oxygens (including phenoxy) is 2. The van der Waals surface area contributed by atoms with Crippen molar-refractivity contribution >= 4 is 11.8 Å². The summed E-state index contributed by atoms with van der Waals surface area (Å²) in [5.41, 5.74) is 0.667. The van der Waals surface area contributed by atoms with Crippen molar-refractivity contribution in [2.45, 2.75) is 13.5 Å². The fourth-order valence-electron chi connectivity index (χ4n) is 2.14. The fraction of sp³-hybridized carbons (Fsp3) is 0.200. The molecule has 6 heteroatoms. The quantitative estimate of drug-likeness (QED) is 0.930. The number of aryl methyl sites for hydroxylation is 1. The highest BCUT2D eigenvalue weighted by Crippen LogP contribution is 2.30. The van der Waals surface area contributed by atoms with Crippen molar-refractivity contribution in [3.05, 3.63) is 46.9 Å². The molecule has 0 unspecified atom stereocenters. The molecule has 1 aliphatic rings. The number of aromatic carboxylic acids is 1. The van der Waals surface area contributed by atoms with Crippen LogP contribution in [0.2, 0.25) is 0 Å². The number of Topliss-reactive ketones (excluding diaryl/α,β-unsaturated/α-hetero) is 1. The molecule has 1 aromatic heterocycles. The molecular formula is C15H12O6. The largest absolute Gasteiger partial charge is 0.486 e. The Labute approximate surface area is 119 Å². The number of carbonyl (C=O) groups is 2. The van der Waals surface area contributed by atoms with Crippen LogP contribution in [-0.2, 0) is 6.61 Å². The third-order valence-electron chi connectivity index (χ3n) is 3.19. The minimum atomic E-state index is -1.04. The highest BCUT2D eigenvalue weighted by atomic mass is 16.5. The van der Waals surface area contributed by atoms with Gasteiger partial charge in [0.1, 0.15) is 35.2 Å². The summed E-state index contributed by atoms with van der Waals surface area (Å²) in [5.74, 6) is 0.691. The lowest BCUT2D eigenvalue weighted by atomic mass is 10.1. The summed E-state index contributed by atoms with van der Waals surface area (Å²) >= 11 is 0. The monoisotopic (exact) mass is 288 g/mol. The minimum absolute atomic E-state index is 0.0516. The van der Waals surface area contributed by atoms with Gasteiger partial charge >= 0.3 is 5.97 Å². The molecule has 1 aromatic carbocycles. The molecule has 21 heavy (non-hydrogen) atoms. The molecule has 0 bridgehead atoms. The van der Waals surface area contributed by atoms with Gasteiger partial charge in [0.25, 0.3) is 0 Å². The lowest BCUT2D eigenvalue weighted by Gasteiger charge is -2.05. The summed E-state index contributed by atoms with van der Waals surface area (Å²) in [6, 6.07) is 6.38. The molecule has 1 N–H and O–H groups in total. The fourth-order valence-corrected chi connectivity index (χ4v) is 2.14. The maximum Gasteiger partial charge on any atom is 0.339 e. The Bertz CT molecular complexity index is 728. The van der Waals surface area contributed by atoms with E-state index >= 15 is 0 Å². The molecule has 0 amide bonds. The number of benzene rings is 1. The molecule has 2 heterocycles. The van der Waals surface area contributed by atoms with Crippen LogP contribution in [0, 0.1) is 6.92 Å². The maximum absolute atomic E-state index is 11.4. The van der Waals surface area contributed by atoms with Crippen molar-refractivity contribution < 1.29 is 28.6 Å². The lowest BCUT2D eigenvalue weighted by Crippen LogP contribution is -1.98. The molecule has 0 saturated carbocycles. The average molecular weight is 288 g/mol. The first-order chi connectivity index (χ1) is 10.0. The van der Waals surface area contributed by atoms with E-state index in [-0.39, 0.29) is 24.6 Å². The normalized spacial score (nSPS) is 12.9. The number of carboxylic acid groups (broad SMARTS) is 1. The number of carbonyl (C=O) groups excluding carboxylic acids is 1. The molecule has 3 rings (SSSR count). The van der Waals surface area contributed by atoms with E-state index in [9.17, 15) is 9.59 Å². The first-order valence-electron chi connectivity index (χ1n) is 6.30. The van der Waals surface area contributed by atoms with Crippen LogP contribution in [0.4, 0.5) is 0 Å². The summed E-state index contributed by atoms with van der Waals surface area (Å²) in [7, 11) is 0. The second-order valence-corrected chi connectivity index (χ2v) is 4.65. The zero-order chi connectivity index (χ0) is 15.0.